The Hall–Kier alpha value is -2.78. The first kappa shape index (κ1) is 19.2. The van der Waals surface area contributed by atoms with E-state index >= 15 is 0 Å². The lowest BCUT2D eigenvalue weighted by molar-refractivity contribution is -0.141. The van der Waals surface area contributed by atoms with Crippen molar-refractivity contribution in [3.05, 3.63) is 12.2 Å². The summed E-state index contributed by atoms with van der Waals surface area (Å²) >= 11 is 0. The molecular formula is C12H18N2O8. The molecule has 0 rings (SSSR count). The molecule has 2 N–H and O–H groups in total. The average Bonchev–Trinajstić information content (AvgIpc) is 2.52. The second-order valence-corrected chi connectivity index (χ2v) is 3.44. The minimum Gasteiger partial charge on any atom is -0.459 e. The summed E-state index contributed by atoms with van der Waals surface area (Å²) in [7, 11) is 2.78. The molecular weight excluding hydrogens is 300 g/mol. The van der Waals surface area contributed by atoms with Crippen LogP contribution in [0.2, 0.25) is 0 Å². The van der Waals surface area contributed by atoms with Crippen molar-refractivity contribution in [1.82, 2.24) is 10.6 Å². The molecule has 0 fully saturated rings. The lowest BCUT2D eigenvalue weighted by Crippen LogP contribution is -2.22. The maximum atomic E-state index is 11.2. The SMILES string of the molecule is CNC(=O)OCCOC(=O)/C=C/C(=O)OCCOC(=O)NC. The van der Waals surface area contributed by atoms with Crippen LogP contribution in [0.15, 0.2) is 12.2 Å². The highest BCUT2D eigenvalue weighted by Gasteiger charge is 2.03. The van der Waals surface area contributed by atoms with E-state index in [4.69, 9.17) is 0 Å². The normalized spacial score (nSPS) is 9.73. The van der Waals surface area contributed by atoms with Crippen molar-refractivity contribution in [1.29, 1.82) is 0 Å². The molecule has 10 nitrogen and oxygen atoms in total. The lowest BCUT2D eigenvalue weighted by atomic mass is 10.5. The first-order chi connectivity index (χ1) is 10.5. The van der Waals surface area contributed by atoms with Crippen LogP contribution < -0.4 is 10.6 Å². The molecule has 0 aliphatic heterocycles. The largest absolute Gasteiger partial charge is 0.459 e. The molecule has 0 aliphatic rings. The summed E-state index contributed by atoms with van der Waals surface area (Å²) in [4.78, 5) is 43.7. The third-order valence-electron chi connectivity index (χ3n) is 1.89. The molecule has 0 aliphatic carbocycles. The van der Waals surface area contributed by atoms with E-state index < -0.39 is 24.1 Å². The maximum Gasteiger partial charge on any atom is 0.406 e. The number of nitrogens with one attached hydrogen (secondary N) is 2. The van der Waals surface area contributed by atoms with E-state index in [1.807, 2.05) is 0 Å². The van der Waals surface area contributed by atoms with E-state index in [2.05, 4.69) is 29.6 Å². The summed E-state index contributed by atoms with van der Waals surface area (Å²) in [5, 5.41) is 4.43. The number of alkyl carbamates (subject to hydrolysis) is 2. The molecule has 0 aromatic rings. The van der Waals surface area contributed by atoms with Crippen LogP contribution in [0.3, 0.4) is 0 Å². The number of hydrogen-bond acceptors (Lipinski definition) is 8. The summed E-state index contributed by atoms with van der Waals surface area (Å²) in [6, 6.07) is 0. The van der Waals surface area contributed by atoms with E-state index in [-0.39, 0.29) is 26.4 Å². The molecule has 0 aromatic heterocycles. The van der Waals surface area contributed by atoms with Gasteiger partial charge >= 0.3 is 24.1 Å². The standard InChI is InChI=1S/C12H18N2O8/c1-13-11(17)21-7-5-19-9(15)3-4-10(16)20-6-8-22-12(18)14-2/h3-4H,5-8H2,1-2H3,(H,13,17)(H,14,18)/b4-3+. The summed E-state index contributed by atoms with van der Waals surface area (Å²) in [6.45, 7) is -0.516. The van der Waals surface area contributed by atoms with Crippen molar-refractivity contribution in [3.63, 3.8) is 0 Å². The Labute approximate surface area is 126 Å². The zero-order valence-electron chi connectivity index (χ0n) is 12.2. The molecule has 124 valence electrons. The van der Waals surface area contributed by atoms with Gasteiger partial charge in [-0.05, 0) is 0 Å². The number of carbonyl (C=O) groups excluding carboxylic acids is 4. The number of ether oxygens (including phenoxy) is 4. The van der Waals surface area contributed by atoms with E-state index in [1.165, 1.54) is 14.1 Å². The number of rotatable bonds is 8. The molecule has 0 radical (unpaired) electrons. The maximum absolute atomic E-state index is 11.2. The highest BCUT2D eigenvalue weighted by Crippen LogP contribution is 1.88. The number of carbonyl (C=O) groups is 4. The Morgan fingerprint density at radius 3 is 1.32 bits per heavy atom. The second kappa shape index (κ2) is 12.0. The first-order valence-electron chi connectivity index (χ1n) is 6.20. The van der Waals surface area contributed by atoms with Crippen molar-refractivity contribution in [3.8, 4) is 0 Å². The molecule has 2 amide bonds. The fraction of sp³-hybridized carbons (Fsp3) is 0.500. The van der Waals surface area contributed by atoms with Crippen LogP contribution in [0.25, 0.3) is 0 Å². The summed E-state index contributed by atoms with van der Waals surface area (Å²) in [5.41, 5.74) is 0. The van der Waals surface area contributed by atoms with Crippen LogP contribution in [-0.4, -0.2) is 64.6 Å². The Kier molecular flexibility index (Phi) is 10.5. The Morgan fingerprint density at radius 1 is 0.682 bits per heavy atom. The predicted octanol–water partition coefficient (Wildman–Crippen LogP) is -0.659. The van der Waals surface area contributed by atoms with Crippen LogP contribution in [0.5, 0.6) is 0 Å². The molecule has 0 spiro atoms. The minimum atomic E-state index is -0.793. The molecule has 0 saturated heterocycles. The molecule has 22 heavy (non-hydrogen) atoms. The quantitative estimate of drug-likeness (QED) is 0.261. The van der Waals surface area contributed by atoms with Gasteiger partial charge in [0.05, 0.1) is 0 Å². The van der Waals surface area contributed by atoms with Gasteiger partial charge in [0.1, 0.15) is 26.4 Å². The average molecular weight is 318 g/mol. The molecule has 0 atom stereocenters. The molecule has 0 heterocycles. The van der Waals surface area contributed by atoms with Gasteiger partial charge in [0.15, 0.2) is 0 Å². The van der Waals surface area contributed by atoms with Crippen molar-refractivity contribution < 1.29 is 38.1 Å². The van der Waals surface area contributed by atoms with Crippen LogP contribution in [0.1, 0.15) is 0 Å². The van der Waals surface area contributed by atoms with Gasteiger partial charge in [-0.2, -0.15) is 0 Å². The van der Waals surface area contributed by atoms with Gasteiger partial charge in [0.2, 0.25) is 0 Å². The van der Waals surface area contributed by atoms with E-state index in [0.29, 0.717) is 0 Å². The zero-order chi connectivity index (χ0) is 16.8. The molecule has 0 saturated carbocycles. The summed E-state index contributed by atoms with van der Waals surface area (Å²) in [5.74, 6) is -1.59. The van der Waals surface area contributed by atoms with Crippen LogP contribution >= 0.6 is 0 Å². The highest BCUT2D eigenvalue weighted by atomic mass is 16.6. The monoisotopic (exact) mass is 318 g/mol. The fourth-order valence-electron chi connectivity index (χ4n) is 0.930. The zero-order valence-corrected chi connectivity index (χ0v) is 12.2. The number of esters is 2. The van der Waals surface area contributed by atoms with Crippen molar-refractivity contribution in [2.45, 2.75) is 0 Å². The Morgan fingerprint density at radius 2 is 1.00 bits per heavy atom. The van der Waals surface area contributed by atoms with Crippen LogP contribution in [0, 0.1) is 0 Å². The second-order valence-electron chi connectivity index (χ2n) is 3.44. The molecule has 0 aromatic carbocycles. The van der Waals surface area contributed by atoms with Gasteiger partial charge in [-0.3, -0.25) is 0 Å². The Bertz CT molecular complexity index is 383. The van der Waals surface area contributed by atoms with Gasteiger partial charge in [-0.15, -0.1) is 0 Å². The first-order valence-corrected chi connectivity index (χ1v) is 6.20. The fourth-order valence-corrected chi connectivity index (χ4v) is 0.930. The third kappa shape index (κ3) is 11.1. The Balaban J connectivity index is 3.71. The van der Waals surface area contributed by atoms with Crippen molar-refractivity contribution >= 4 is 24.1 Å². The van der Waals surface area contributed by atoms with Crippen LogP contribution in [0.4, 0.5) is 9.59 Å². The number of hydrogen-bond donors (Lipinski definition) is 2. The molecule has 0 unspecified atom stereocenters. The van der Waals surface area contributed by atoms with Gasteiger partial charge in [0.25, 0.3) is 0 Å². The highest BCUT2D eigenvalue weighted by molar-refractivity contribution is 5.91. The van der Waals surface area contributed by atoms with Gasteiger partial charge in [-0.25, -0.2) is 19.2 Å². The topological polar surface area (TPSA) is 129 Å². The van der Waals surface area contributed by atoms with Crippen LogP contribution in [-0.2, 0) is 28.5 Å². The minimum absolute atomic E-state index is 0.111. The van der Waals surface area contributed by atoms with E-state index in [0.717, 1.165) is 12.2 Å². The summed E-state index contributed by atoms with van der Waals surface area (Å²) in [6.07, 6.45) is 0.437. The molecule has 10 heteroatoms. The predicted molar refractivity (Wildman–Crippen MR) is 71.9 cm³/mol. The van der Waals surface area contributed by atoms with E-state index in [1.54, 1.807) is 0 Å². The van der Waals surface area contributed by atoms with Crippen molar-refractivity contribution in [2.75, 3.05) is 40.5 Å². The van der Waals surface area contributed by atoms with Gasteiger partial charge in [-0.1, -0.05) is 0 Å². The smallest absolute Gasteiger partial charge is 0.406 e. The number of amides is 2. The summed E-state index contributed by atoms with van der Waals surface area (Å²) < 4.78 is 18.4. The third-order valence-corrected chi connectivity index (χ3v) is 1.89. The lowest BCUT2D eigenvalue weighted by Gasteiger charge is -2.04. The van der Waals surface area contributed by atoms with Gasteiger partial charge < -0.3 is 29.6 Å². The van der Waals surface area contributed by atoms with Gasteiger partial charge in [0, 0.05) is 26.2 Å². The van der Waals surface area contributed by atoms with Crippen molar-refractivity contribution in [2.24, 2.45) is 0 Å². The molecule has 0 bridgehead atoms. The van der Waals surface area contributed by atoms with E-state index in [9.17, 15) is 19.2 Å².